The third-order valence-electron chi connectivity index (χ3n) is 4.73. The molecule has 2 heterocycles. The van der Waals surface area contributed by atoms with E-state index in [0.717, 1.165) is 56.1 Å². The van der Waals surface area contributed by atoms with E-state index in [1.54, 1.807) is 0 Å². The smallest absolute Gasteiger partial charge is 0.194 e. The molecular formula is C18H27BrIN3O2. The summed E-state index contributed by atoms with van der Waals surface area (Å²) in [6.45, 7) is 6.19. The van der Waals surface area contributed by atoms with E-state index >= 15 is 0 Å². The Labute approximate surface area is 175 Å². The minimum absolute atomic E-state index is 0. The van der Waals surface area contributed by atoms with Crippen LogP contribution >= 0.6 is 39.9 Å². The number of nitrogens with one attached hydrogen (secondary N) is 1. The van der Waals surface area contributed by atoms with Crippen LogP contribution in [-0.2, 0) is 16.0 Å². The van der Waals surface area contributed by atoms with Gasteiger partial charge in [-0.05, 0) is 43.0 Å². The Morgan fingerprint density at radius 1 is 1.32 bits per heavy atom. The van der Waals surface area contributed by atoms with Crippen LogP contribution in [0.25, 0.3) is 0 Å². The topological polar surface area (TPSA) is 46.1 Å². The third-order valence-corrected chi connectivity index (χ3v) is 5.22. The average molecular weight is 524 g/mol. The summed E-state index contributed by atoms with van der Waals surface area (Å²) < 4.78 is 12.8. The van der Waals surface area contributed by atoms with Crippen LogP contribution in [0, 0.1) is 6.92 Å². The molecule has 0 saturated carbocycles. The SMILES string of the molecule is CN=C(NCc1ccc(Br)cc1C)N1CCOC(C2CCCO2)C1.I. The predicted molar refractivity (Wildman–Crippen MR) is 115 cm³/mol. The van der Waals surface area contributed by atoms with Gasteiger partial charge in [-0.3, -0.25) is 4.99 Å². The minimum atomic E-state index is 0. The lowest BCUT2D eigenvalue weighted by Gasteiger charge is -2.37. The van der Waals surface area contributed by atoms with Crippen LogP contribution in [0.1, 0.15) is 24.0 Å². The molecule has 0 aliphatic carbocycles. The highest BCUT2D eigenvalue weighted by atomic mass is 127. The maximum absolute atomic E-state index is 5.93. The highest BCUT2D eigenvalue weighted by molar-refractivity contribution is 14.0. The van der Waals surface area contributed by atoms with Gasteiger partial charge in [0, 0.05) is 37.8 Å². The van der Waals surface area contributed by atoms with Crippen molar-refractivity contribution < 1.29 is 9.47 Å². The van der Waals surface area contributed by atoms with Gasteiger partial charge >= 0.3 is 0 Å². The Balaban J connectivity index is 0.00000225. The Bertz CT molecular complexity index is 594. The molecule has 2 fully saturated rings. The minimum Gasteiger partial charge on any atom is -0.375 e. The molecule has 1 aromatic rings. The van der Waals surface area contributed by atoms with E-state index < -0.39 is 0 Å². The number of hydrogen-bond donors (Lipinski definition) is 1. The zero-order valence-corrected chi connectivity index (χ0v) is 18.7. The molecule has 0 bridgehead atoms. The second-order valence-corrected chi connectivity index (χ2v) is 7.29. The first-order valence-corrected chi connectivity index (χ1v) is 9.40. The molecular weight excluding hydrogens is 497 g/mol. The molecule has 2 aliphatic heterocycles. The normalized spacial score (nSPS) is 24.1. The lowest BCUT2D eigenvalue weighted by atomic mass is 10.1. The highest BCUT2D eigenvalue weighted by Gasteiger charge is 2.32. The Hall–Kier alpha value is -0.380. The third kappa shape index (κ3) is 5.55. The first kappa shape index (κ1) is 20.9. The van der Waals surface area contributed by atoms with E-state index in [1.165, 1.54) is 11.1 Å². The molecule has 2 atom stereocenters. The van der Waals surface area contributed by atoms with Gasteiger partial charge in [-0.2, -0.15) is 0 Å². The van der Waals surface area contributed by atoms with Crippen molar-refractivity contribution in [3.63, 3.8) is 0 Å². The second kappa shape index (κ2) is 10.1. The van der Waals surface area contributed by atoms with E-state index in [-0.39, 0.29) is 36.2 Å². The number of rotatable bonds is 3. The van der Waals surface area contributed by atoms with Gasteiger partial charge in [0.05, 0.1) is 12.7 Å². The molecule has 2 saturated heterocycles. The molecule has 1 N–H and O–H groups in total. The number of hydrogen-bond acceptors (Lipinski definition) is 3. The van der Waals surface area contributed by atoms with E-state index in [9.17, 15) is 0 Å². The van der Waals surface area contributed by atoms with Crippen LogP contribution in [0.4, 0.5) is 0 Å². The van der Waals surface area contributed by atoms with Crippen molar-refractivity contribution in [2.24, 2.45) is 4.99 Å². The molecule has 140 valence electrons. The van der Waals surface area contributed by atoms with Gasteiger partial charge in [-0.15, -0.1) is 24.0 Å². The molecule has 0 amide bonds. The Morgan fingerprint density at radius 3 is 2.80 bits per heavy atom. The van der Waals surface area contributed by atoms with Crippen molar-refractivity contribution in [2.45, 2.75) is 38.5 Å². The zero-order chi connectivity index (χ0) is 16.9. The summed E-state index contributed by atoms with van der Waals surface area (Å²) in [6.07, 6.45) is 2.62. The van der Waals surface area contributed by atoms with Gasteiger partial charge in [-0.1, -0.05) is 22.0 Å². The number of benzene rings is 1. The predicted octanol–water partition coefficient (Wildman–Crippen LogP) is 3.33. The fraction of sp³-hybridized carbons (Fsp3) is 0.611. The summed E-state index contributed by atoms with van der Waals surface area (Å²) in [5.74, 6) is 0.934. The van der Waals surface area contributed by atoms with Crippen molar-refractivity contribution in [3.8, 4) is 0 Å². The maximum atomic E-state index is 5.93. The number of halogens is 2. The molecule has 2 aliphatic rings. The van der Waals surface area contributed by atoms with Gasteiger partial charge in [0.1, 0.15) is 6.10 Å². The van der Waals surface area contributed by atoms with Crippen molar-refractivity contribution in [3.05, 3.63) is 33.8 Å². The van der Waals surface area contributed by atoms with Crippen LogP contribution in [0.2, 0.25) is 0 Å². The summed E-state index contributed by atoms with van der Waals surface area (Å²) in [5.41, 5.74) is 2.55. The summed E-state index contributed by atoms with van der Waals surface area (Å²) in [4.78, 5) is 6.74. The van der Waals surface area contributed by atoms with E-state index in [0.29, 0.717) is 0 Å². The summed E-state index contributed by atoms with van der Waals surface area (Å²) in [7, 11) is 1.84. The second-order valence-electron chi connectivity index (χ2n) is 6.38. The maximum Gasteiger partial charge on any atom is 0.194 e. The summed E-state index contributed by atoms with van der Waals surface area (Å²) in [6, 6.07) is 6.37. The first-order valence-electron chi connectivity index (χ1n) is 8.61. The molecule has 3 rings (SSSR count). The number of aryl methyl sites for hydroxylation is 1. The highest BCUT2D eigenvalue weighted by Crippen LogP contribution is 2.21. The molecule has 2 unspecified atom stereocenters. The average Bonchev–Trinajstić information content (AvgIpc) is 3.12. The Kier molecular flexibility index (Phi) is 8.44. The van der Waals surface area contributed by atoms with Gasteiger partial charge in [-0.25, -0.2) is 0 Å². The van der Waals surface area contributed by atoms with E-state index in [4.69, 9.17) is 9.47 Å². The number of guanidine groups is 1. The number of aliphatic imine (C=N–C) groups is 1. The van der Waals surface area contributed by atoms with Crippen LogP contribution in [0.15, 0.2) is 27.7 Å². The van der Waals surface area contributed by atoms with Crippen LogP contribution in [0.5, 0.6) is 0 Å². The van der Waals surface area contributed by atoms with E-state index in [1.807, 2.05) is 7.05 Å². The largest absolute Gasteiger partial charge is 0.375 e. The van der Waals surface area contributed by atoms with Crippen molar-refractivity contribution in [2.75, 3.05) is 33.4 Å². The van der Waals surface area contributed by atoms with Crippen molar-refractivity contribution in [1.29, 1.82) is 0 Å². The number of morpholine rings is 1. The standard InChI is InChI=1S/C18H26BrN3O2.HI/c1-13-10-15(19)6-5-14(13)11-21-18(20-2)22-7-9-24-17(12-22)16-4-3-8-23-16;/h5-6,10,16-17H,3-4,7-9,11-12H2,1-2H3,(H,20,21);1H. The molecule has 1 aromatic carbocycles. The lowest BCUT2D eigenvalue weighted by molar-refractivity contribution is -0.0817. The fourth-order valence-corrected chi connectivity index (χ4v) is 3.83. The monoisotopic (exact) mass is 523 g/mol. The van der Waals surface area contributed by atoms with Gasteiger partial charge < -0.3 is 19.7 Å². The van der Waals surface area contributed by atoms with E-state index in [2.05, 4.69) is 56.3 Å². The lowest BCUT2D eigenvalue weighted by Crippen LogP contribution is -2.53. The molecule has 0 radical (unpaired) electrons. The molecule has 0 aromatic heterocycles. The molecule has 0 spiro atoms. The number of nitrogens with zero attached hydrogens (tertiary/aromatic N) is 2. The van der Waals surface area contributed by atoms with Crippen molar-refractivity contribution >= 4 is 45.9 Å². The summed E-state index contributed by atoms with van der Waals surface area (Å²) >= 11 is 3.51. The van der Waals surface area contributed by atoms with Gasteiger partial charge in [0.15, 0.2) is 5.96 Å². The van der Waals surface area contributed by atoms with Crippen molar-refractivity contribution in [1.82, 2.24) is 10.2 Å². The van der Waals surface area contributed by atoms with Gasteiger partial charge in [0.2, 0.25) is 0 Å². The zero-order valence-electron chi connectivity index (χ0n) is 14.8. The molecule has 5 nitrogen and oxygen atoms in total. The molecule has 25 heavy (non-hydrogen) atoms. The first-order chi connectivity index (χ1) is 11.7. The summed E-state index contributed by atoms with van der Waals surface area (Å²) in [5, 5.41) is 3.49. The van der Waals surface area contributed by atoms with Crippen LogP contribution in [0.3, 0.4) is 0 Å². The molecule has 7 heteroatoms. The number of ether oxygens (including phenoxy) is 2. The van der Waals surface area contributed by atoms with Crippen LogP contribution in [-0.4, -0.2) is 56.4 Å². The fourth-order valence-electron chi connectivity index (χ4n) is 3.35. The van der Waals surface area contributed by atoms with Crippen LogP contribution < -0.4 is 5.32 Å². The Morgan fingerprint density at radius 2 is 2.12 bits per heavy atom. The van der Waals surface area contributed by atoms with Gasteiger partial charge in [0.25, 0.3) is 0 Å². The quantitative estimate of drug-likeness (QED) is 0.375.